The lowest BCUT2D eigenvalue weighted by atomic mass is 10.2. The fourth-order valence-corrected chi connectivity index (χ4v) is 2.09. The van der Waals surface area contributed by atoms with Gasteiger partial charge < -0.3 is 15.4 Å². The predicted molar refractivity (Wildman–Crippen MR) is 84.0 cm³/mol. The molecule has 5 nitrogen and oxygen atoms in total. The number of nitrogens with one attached hydrogen (secondary N) is 2. The van der Waals surface area contributed by atoms with Crippen LogP contribution in [-0.2, 0) is 13.6 Å². The second-order valence-electron chi connectivity index (χ2n) is 4.42. The number of hydrogen-bond acceptors (Lipinski definition) is 3. The van der Waals surface area contributed by atoms with Gasteiger partial charge in [-0.3, -0.25) is 4.68 Å². The molecule has 0 aliphatic carbocycles. The molecule has 0 spiro atoms. The Morgan fingerprint density at radius 1 is 1.40 bits per heavy atom. The van der Waals surface area contributed by atoms with Crippen molar-refractivity contribution in [1.29, 1.82) is 0 Å². The first-order valence-corrected chi connectivity index (χ1v) is 6.68. The van der Waals surface area contributed by atoms with Gasteiger partial charge in [-0.05, 0) is 31.3 Å². The zero-order valence-electron chi connectivity index (χ0n) is 11.8. The number of aromatic nitrogens is 2. The first-order chi connectivity index (χ1) is 9.60. The van der Waals surface area contributed by atoms with Crippen molar-refractivity contribution in [2.75, 3.05) is 12.4 Å². The van der Waals surface area contributed by atoms with Gasteiger partial charge in [0.2, 0.25) is 0 Å². The number of rotatable bonds is 4. The summed E-state index contributed by atoms with van der Waals surface area (Å²) in [5.74, 6) is 0.759. The van der Waals surface area contributed by atoms with Crippen LogP contribution in [0.4, 0.5) is 5.69 Å². The van der Waals surface area contributed by atoms with Gasteiger partial charge in [-0.25, -0.2) is 0 Å². The zero-order chi connectivity index (χ0) is 14.5. The summed E-state index contributed by atoms with van der Waals surface area (Å²) in [6.07, 6.45) is 1.98. The van der Waals surface area contributed by atoms with Crippen LogP contribution in [0.5, 0.6) is 5.75 Å². The van der Waals surface area contributed by atoms with Crippen LogP contribution in [0.1, 0.15) is 11.3 Å². The van der Waals surface area contributed by atoms with Crippen molar-refractivity contribution in [3.05, 3.63) is 41.7 Å². The second kappa shape index (κ2) is 6.38. The molecular weight excluding hydrogens is 272 g/mol. The summed E-state index contributed by atoms with van der Waals surface area (Å²) in [4.78, 5) is 0. The summed E-state index contributed by atoms with van der Waals surface area (Å²) in [5, 5.41) is 11.1. The number of thiocarbonyl (C=S) groups is 1. The molecule has 2 N–H and O–H groups in total. The second-order valence-corrected chi connectivity index (χ2v) is 4.83. The number of benzene rings is 1. The highest BCUT2D eigenvalue weighted by Crippen LogP contribution is 2.22. The molecule has 1 aromatic heterocycles. The van der Waals surface area contributed by atoms with E-state index in [1.807, 2.05) is 44.4 Å². The molecule has 2 aromatic rings. The van der Waals surface area contributed by atoms with Gasteiger partial charge >= 0.3 is 0 Å². The fraction of sp³-hybridized carbons (Fsp3) is 0.286. The lowest BCUT2D eigenvalue weighted by Gasteiger charge is -2.12. The minimum Gasteiger partial charge on any atom is -0.495 e. The van der Waals surface area contributed by atoms with Gasteiger partial charge in [0.25, 0.3) is 0 Å². The number of para-hydroxylation sites is 2. The van der Waals surface area contributed by atoms with Gasteiger partial charge in [0, 0.05) is 25.4 Å². The Labute approximate surface area is 123 Å². The highest BCUT2D eigenvalue weighted by Gasteiger charge is 2.06. The van der Waals surface area contributed by atoms with Crippen molar-refractivity contribution in [2.24, 2.45) is 7.05 Å². The van der Waals surface area contributed by atoms with Crippen molar-refractivity contribution in [1.82, 2.24) is 15.1 Å². The fourth-order valence-electron chi connectivity index (χ4n) is 1.91. The third-order valence-corrected chi connectivity index (χ3v) is 3.16. The molecule has 106 valence electrons. The van der Waals surface area contributed by atoms with E-state index in [2.05, 4.69) is 15.7 Å². The van der Waals surface area contributed by atoms with E-state index >= 15 is 0 Å². The lowest BCUT2D eigenvalue weighted by Crippen LogP contribution is -2.28. The Hall–Kier alpha value is -2.08. The molecule has 1 heterocycles. The number of ether oxygens (including phenoxy) is 1. The molecular formula is C14H18N4OS. The van der Waals surface area contributed by atoms with Crippen molar-refractivity contribution in [3.8, 4) is 5.75 Å². The third kappa shape index (κ3) is 3.48. The maximum absolute atomic E-state index is 5.29. The van der Waals surface area contributed by atoms with E-state index in [1.165, 1.54) is 0 Å². The van der Waals surface area contributed by atoms with Crippen molar-refractivity contribution >= 4 is 23.0 Å². The molecule has 0 saturated heterocycles. The van der Waals surface area contributed by atoms with Crippen LogP contribution < -0.4 is 15.4 Å². The number of methoxy groups -OCH3 is 1. The summed E-state index contributed by atoms with van der Waals surface area (Å²) in [6.45, 7) is 2.62. The first-order valence-electron chi connectivity index (χ1n) is 6.27. The van der Waals surface area contributed by atoms with E-state index in [4.69, 9.17) is 17.0 Å². The maximum atomic E-state index is 5.29. The predicted octanol–water partition coefficient (Wildman–Crippen LogP) is 2.22. The third-order valence-electron chi connectivity index (χ3n) is 2.91. The molecule has 0 atom stereocenters. The Morgan fingerprint density at radius 2 is 2.15 bits per heavy atom. The highest BCUT2D eigenvalue weighted by atomic mass is 32.1. The van der Waals surface area contributed by atoms with Gasteiger partial charge in [0.1, 0.15) is 5.75 Å². The monoisotopic (exact) mass is 290 g/mol. The molecule has 2 rings (SSSR count). The van der Waals surface area contributed by atoms with Crippen LogP contribution in [0.25, 0.3) is 0 Å². The first kappa shape index (κ1) is 14.3. The van der Waals surface area contributed by atoms with E-state index < -0.39 is 0 Å². The SMILES string of the molecule is COc1ccccc1NC(=S)NCc1cn(C)nc1C. The number of hydrogen-bond donors (Lipinski definition) is 2. The molecule has 20 heavy (non-hydrogen) atoms. The van der Waals surface area contributed by atoms with Gasteiger partial charge in [-0.15, -0.1) is 0 Å². The minimum absolute atomic E-state index is 0.553. The summed E-state index contributed by atoms with van der Waals surface area (Å²) in [6, 6.07) is 7.65. The lowest BCUT2D eigenvalue weighted by molar-refractivity contribution is 0.417. The Morgan fingerprint density at radius 3 is 2.80 bits per heavy atom. The van der Waals surface area contributed by atoms with Crippen molar-refractivity contribution in [3.63, 3.8) is 0 Å². The number of nitrogens with zero attached hydrogens (tertiary/aromatic N) is 2. The van der Waals surface area contributed by atoms with Crippen LogP contribution in [0.3, 0.4) is 0 Å². The van der Waals surface area contributed by atoms with Crippen LogP contribution in [0, 0.1) is 6.92 Å². The van der Waals surface area contributed by atoms with Crippen molar-refractivity contribution < 1.29 is 4.74 Å². The topological polar surface area (TPSA) is 51.1 Å². The maximum Gasteiger partial charge on any atom is 0.171 e. The van der Waals surface area contributed by atoms with Gasteiger partial charge in [-0.2, -0.15) is 5.10 Å². The molecule has 0 aliphatic rings. The molecule has 0 radical (unpaired) electrons. The van der Waals surface area contributed by atoms with Crippen LogP contribution in [0.2, 0.25) is 0 Å². The van der Waals surface area contributed by atoms with Crippen LogP contribution in [-0.4, -0.2) is 22.0 Å². The molecule has 0 bridgehead atoms. The molecule has 0 aliphatic heterocycles. The summed E-state index contributed by atoms with van der Waals surface area (Å²) in [7, 11) is 3.54. The molecule has 0 amide bonds. The van der Waals surface area contributed by atoms with E-state index in [0.29, 0.717) is 11.7 Å². The number of anilines is 1. The van der Waals surface area contributed by atoms with Gasteiger partial charge in [-0.1, -0.05) is 12.1 Å². The highest BCUT2D eigenvalue weighted by molar-refractivity contribution is 7.80. The average Bonchev–Trinajstić information content (AvgIpc) is 2.75. The quantitative estimate of drug-likeness (QED) is 0.846. The van der Waals surface area contributed by atoms with Gasteiger partial charge in [0.15, 0.2) is 5.11 Å². The Bertz CT molecular complexity index is 609. The molecule has 1 aromatic carbocycles. The Balaban J connectivity index is 1.94. The average molecular weight is 290 g/mol. The summed E-state index contributed by atoms with van der Waals surface area (Å²) in [5.41, 5.74) is 2.96. The normalized spacial score (nSPS) is 10.2. The van der Waals surface area contributed by atoms with Crippen LogP contribution >= 0.6 is 12.2 Å². The largest absolute Gasteiger partial charge is 0.495 e. The molecule has 6 heteroatoms. The Kier molecular flexibility index (Phi) is 4.57. The minimum atomic E-state index is 0.553. The summed E-state index contributed by atoms with van der Waals surface area (Å²) < 4.78 is 7.06. The van der Waals surface area contributed by atoms with E-state index in [1.54, 1.807) is 11.8 Å². The zero-order valence-corrected chi connectivity index (χ0v) is 12.6. The van der Waals surface area contributed by atoms with Crippen molar-refractivity contribution in [2.45, 2.75) is 13.5 Å². The molecule has 0 fully saturated rings. The summed E-state index contributed by atoms with van der Waals surface area (Å²) >= 11 is 5.29. The van der Waals surface area contributed by atoms with E-state index in [-0.39, 0.29) is 0 Å². The molecule has 0 unspecified atom stereocenters. The van der Waals surface area contributed by atoms with E-state index in [0.717, 1.165) is 22.7 Å². The van der Waals surface area contributed by atoms with E-state index in [9.17, 15) is 0 Å². The van der Waals surface area contributed by atoms with Gasteiger partial charge in [0.05, 0.1) is 18.5 Å². The molecule has 0 saturated carbocycles. The smallest absolute Gasteiger partial charge is 0.171 e. The number of aryl methyl sites for hydroxylation is 2. The van der Waals surface area contributed by atoms with Crippen LogP contribution in [0.15, 0.2) is 30.5 Å². The standard InChI is InChI=1S/C14H18N4OS/c1-10-11(9-18(2)17-10)8-15-14(20)16-12-6-4-5-7-13(12)19-3/h4-7,9H,8H2,1-3H3,(H2,15,16,20).